The summed E-state index contributed by atoms with van der Waals surface area (Å²) in [6, 6.07) is 5.68. The highest BCUT2D eigenvalue weighted by molar-refractivity contribution is 7.18. The summed E-state index contributed by atoms with van der Waals surface area (Å²) in [6.45, 7) is 0. The van der Waals surface area contributed by atoms with Gasteiger partial charge < -0.3 is 18.6 Å². The summed E-state index contributed by atoms with van der Waals surface area (Å²) in [5, 5.41) is 5.74. The van der Waals surface area contributed by atoms with Gasteiger partial charge in [0, 0.05) is 5.39 Å². The molecular weight excluding hydrogens is 318 g/mol. The zero-order chi connectivity index (χ0) is 16.0. The van der Waals surface area contributed by atoms with Crippen LogP contribution in [0.2, 0.25) is 0 Å². The van der Waals surface area contributed by atoms with Crippen molar-refractivity contribution in [3.8, 4) is 28.1 Å². The number of benzene rings is 1. The van der Waals surface area contributed by atoms with Gasteiger partial charge in [0.25, 0.3) is 5.19 Å². The minimum Gasteiger partial charge on any atom is -0.493 e. The summed E-state index contributed by atoms with van der Waals surface area (Å²) >= 11 is 1.37. The predicted octanol–water partition coefficient (Wildman–Crippen LogP) is 3.23. The van der Waals surface area contributed by atoms with Crippen molar-refractivity contribution in [1.29, 1.82) is 0 Å². The zero-order valence-electron chi connectivity index (χ0n) is 12.7. The van der Waals surface area contributed by atoms with Gasteiger partial charge in [-0.25, -0.2) is 9.50 Å². The van der Waals surface area contributed by atoms with Gasteiger partial charge in [-0.1, -0.05) is 0 Å². The zero-order valence-corrected chi connectivity index (χ0v) is 13.5. The smallest absolute Gasteiger partial charge is 0.294 e. The Balaban J connectivity index is 1.85. The van der Waals surface area contributed by atoms with E-state index in [2.05, 4.69) is 10.1 Å². The van der Waals surface area contributed by atoms with Crippen molar-refractivity contribution in [3.05, 3.63) is 24.4 Å². The molecule has 7 nitrogen and oxygen atoms in total. The van der Waals surface area contributed by atoms with Crippen molar-refractivity contribution in [2.24, 2.45) is 0 Å². The number of hydrogen-bond acceptors (Lipinski definition) is 7. The summed E-state index contributed by atoms with van der Waals surface area (Å²) in [4.78, 5) is 5.26. The van der Waals surface area contributed by atoms with E-state index in [0.717, 1.165) is 10.3 Å². The Hall–Kier alpha value is -2.74. The highest BCUT2D eigenvalue weighted by Crippen LogP contribution is 2.39. The SMILES string of the molecule is COc1nn2cc(-c3cc4ccc(OC)c(OC)c4o3)nc2s1. The first-order chi connectivity index (χ1) is 11.2. The molecule has 0 aliphatic heterocycles. The quantitative estimate of drug-likeness (QED) is 0.572. The second kappa shape index (κ2) is 5.17. The molecule has 0 N–H and O–H groups in total. The number of rotatable bonds is 4. The summed E-state index contributed by atoms with van der Waals surface area (Å²) in [5.41, 5.74) is 1.33. The van der Waals surface area contributed by atoms with Crippen LogP contribution in [-0.4, -0.2) is 35.9 Å². The molecule has 1 aromatic carbocycles. The average molecular weight is 331 g/mol. The molecule has 0 aliphatic rings. The topological polar surface area (TPSA) is 71.0 Å². The molecule has 4 rings (SSSR count). The lowest BCUT2D eigenvalue weighted by Gasteiger charge is -2.06. The Bertz CT molecular complexity index is 970. The number of aromatic nitrogens is 3. The normalized spacial score (nSPS) is 11.3. The average Bonchev–Trinajstić information content (AvgIpc) is 3.24. The van der Waals surface area contributed by atoms with E-state index in [1.54, 1.807) is 32.0 Å². The van der Waals surface area contributed by atoms with E-state index in [9.17, 15) is 0 Å². The van der Waals surface area contributed by atoms with E-state index in [0.29, 0.717) is 33.7 Å². The largest absolute Gasteiger partial charge is 0.493 e. The number of furan rings is 1. The van der Waals surface area contributed by atoms with Crippen LogP contribution >= 0.6 is 11.3 Å². The maximum atomic E-state index is 5.94. The number of hydrogen-bond donors (Lipinski definition) is 0. The number of ether oxygens (including phenoxy) is 3. The summed E-state index contributed by atoms with van der Waals surface area (Å²) in [6.07, 6.45) is 1.80. The van der Waals surface area contributed by atoms with Gasteiger partial charge in [-0.05, 0) is 29.5 Å². The van der Waals surface area contributed by atoms with Gasteiger partial charge in [0.1, 0.15) is 5.69 Å². The van der Waals surface area contributed by atoms with E-state index in [1.807, 2.05) is 18.2 Å². The predicted molar refractivity (Wildman–Crippen MR) is 85.7 cm³/mol. The summed E-state index contributed by atoms with van der Waals surface area (Å²) in [5.74, 6) is 1.83. The van der Waals surface area contributed by atoms with Crippen LogP contribution < -0.4 is 14.2 Å². The van der Waals surface area contributed by atoms with E-state index < -0.39 is 0 Å². The number of imidazole rings is 1. The van der Waals surface area contributed by atoms with Crippen molar-refractivity contribution in [3.63, 3.8) is 0 Å². The van der Waals surface area contributed by atoms with Crippen LogP contribution in [0.5, 0.6) is 16.7 Å². The van der Waals surface area contributed by atoms with Crippen LogP contribution in [0.15, 0.2) is 28.8 Å². The second-order valence-electron chi connectivity index (χ2n) is 4.76. The fraction of sp³-hybridized carbons (Fsp3) is 0.200. The first-order valence-electron chi connectivity index (χ1n) is 6.78. The van der Waals surface area contributed by atoms with Crippen LogP contribution in [-0.2, 0) is 0 Å². The molecule has 0 fully saturated rings. The molecule has 0 bridgehead atoms. The molecule has 4 aromatic rings. The van der Waals surface area contributed by atoms with Crippen LogP contribution in [0.25, 0.3) is 27.4 Å². The molecule has 3 heterocycles. The van der Waals surface area contributed by atoms with E-state index >= 15 is 0 Å². The van der Waals surface area contributed by atoms with E-state index in [-0.39, 0.29) is 0 Å². The van der Waals surface area contributed by atoms with Gasteiger partial charge in [-0.3, -0.25) is 0 Å². The van der Waals surface area contributed by atoms with Crippen LogP contribution in [0, 0.1) is 0 Å². The Kier molecular flexibility index (Phi) is 3.12. The molecule has 0 aliphatic carbocycles. The molecular formula is C15H13N3O4S. The van der Waals surface area contributed by atoms with Crippen molar-refractivity contribution in [2.75, 3.05) is 21.3 Å². The fourth-order valence-electron chi connectivity index (χ4n) is 2.42. The Morgan fingerprint density at radius 1 is 1.13 bits per heavy atom. The maximum absolute atomic E-state index is 5.94. The van der Waals surface area contributed by atoms with Gasteiger partial charge in [-0.15, -0.1) is 5.10 Å². The molecule has 118 valence electrons. The van der Waals surface area contributed by atoms with E-state index in [1.165, 1.54) is 11.3 Å². The highest BCUT2D eigenvalue weighted by Gasteiger charge is 2.17. The van der Waals surface area contributed by atoms with Gasteiger partial charge in [0.2, 0.25) is 10.7 Å². The molecule has 0 spiro atoms. The highest BCUT2D eigenvalue weighted by atomic mass is 32.1. The standard InChI is InChI=1S/C15H13N3O4S/c1-19-10-5-4-8-6-11(22-12(8)13(10)20-2)9-7-18-14(16-9)23-15(17-18)21-3/h4-7H,1-3H3. The molecule has 0 radical (unpaired) electrons. The summed E-state index contributed by atoms with van der Waals surface area (Å²) in [7, 11) is 4.76. The first-order valence-corrected chi connectivity index (χ1v) is 7.60. The lowest BCUT2D eigenvalue weighted by Crippen LogP contribution is -1.89. The molecule has 3 aromatic heterocycles. The van der Waals surface area contributed by atoms with Crippen molar-refractivity contribution < 1.29 is 18.6 Å². The number of fused-ring (bicyclic) bond motifs is 2. The molecule has 23 heavy (non-hydrogen) atoms. The van der Waals surface area contributed by atoms with Gasteiger partial charge in [-0.2, -0.15) is 0 Å². The second-order valence-corrected chi connectivity index (χ2v) is 5.67. The van der Waals surface area contributed by atoms with Crippen molar-refractivity contribution in [2.45, 2.75) is 0 Å². The first kappa shape index (κ1) is 13.9. The number of methoxy groups -OCH3 is 3. The Labute approximate surface area is 135 Å². The lowest BCUT2D eigenvalue weighted by atomic mass is 10.2. The molecule has 0 saturated carbocycles. The molecule has 0 saturated heterocycles. The van der Waals surface area contributed by atoms with Crippen LogP contribution in [0.3, 0.4) is 0 Å². The molecule has 0 amide bonds. The third-order valence-electron chi connectivity index (χ3n) is 3.48. The van der Waals surface area contributed by atoms with Crippen LogP contribution in [0.4, 0.5) is 0 Å². The minimum atomic E-state index is 0.565. The third kappa shape index (κ3) is 2.10. The molecule has 8 heteroatoms. The van der Waals surface area contributed by atoms with Gasteiger partial charge >= 0.3 is 0 Å². The van der Waals surface area contributed by atoms with Crippen molar-refractivity contribution in [1.82, 2.24) is 14.6 Å². The fourth-order valence-corrected chi connectivity index (χ4v) is 3.12. The van der Waals surface area contributed by atoms with E-state index in [4.69, 9.17) is 18.6 Å². The number of nitrogens with zero attached hydrogens (tertiary/aromatic N) is 3. The lowest BCUT2D eigenvalue weighted by molar-refractivity contribution is 0.354. The van der Waals surface area contributed by atoms with Crippen LogP contribution in [0.1, 0.15) is 0 Å². The van der Waals surface area contributed by atoms with Gasteiger partial charge in [0.15, 0.2) is 17.1 Å². The molecule has 0 unspecified atom stereocenters. The van der Waals surface area contributed by atoms with Gasteiger partial charge in [0.05, 0.1) is 27.5 Å². The Morgan fingerprint density at radius 2 is 2.00 bits per heavy atom. The summed E-state index contributed by atoms with van der Waals surface area (Å²) < 4.78 is 23.4. The minimum absolute atomic E-state index is 0.565. The molecule has 0 atom stereocenters. The van der Waals surface area contributed by atoms with Crippen molar-refractivity contribution >= 4 is 27.3 Å². The maximum Gasteiger partial charge on any atom is 0.294 e. The monoisotopic (exact) mass is 331 g/mol. The Morgan fingerprint density at radius 3 is 2.70 bits per heavy atom. The third-order valence-corrected chi connectivity index (χ3v) is 4.36.